The van der Waals surface area contributed by atoms with Crippen molar-refractivity contribution >= 4 is 21.6 Å². The van der Waals surface area contributed by atoms with Crippen molar-refractivity contribution in [3.8, 4) is 5.75 Å². The van der Waals surface area contributed by atoms with Gasteiger partial charge in [-0.2, -0.15) is 4.31 Å². The summed E-state index contributed by atoms with van der Waals surface area (Å²) < 4.78 is 46.9. The van der Waals surface area contributed by atoms with Gasteiger partial charge >= 0.3 is 0 Å². The Morgan fingerprint density at radius 1 is 1.00 bits per heavy atom. The fourth-order valence-electron chi connectivity index (χ4n) is 3.20. The standard InChI is InChI=1S/C24H25FN2O4S/c1-18-9-14-22(31-3)23(15-18)32(29,30)27(16-19-7-5-4-6-8-19)17-24(28)26(2)21-12-10-20(25)11-13-21/h4-15H,16-17H2,1-3H3. The van der Waals surface area contributed by atoms with E-state index in [0.29, 0.717) is 5.69 Å². The molecule has 0 aromatic heterocycles. The number of benzene rings is 3. The van der Waals surface area contributed by atoms with Gasteiger partial charge < -0.3 is 9.64 Å². The number of methoxy groups -OCH3 is 1. The number of rotatable bonds is 8. The molecule has 0 saturated carbocycles. The molecule has 3 rings (SSSR count). The highest BCUT2D eigenvalue weighted by molar-refractivity contribution is 7.89. The molecule has 0 unspecified atom stereocenters. The number of halogens is 1. The van der Waals surface area contributed by atoms with Crippen LogP contribution < -0.4 is 9.64 Å². The van der Waals surface area contributed by atoms with Crippen molar-refractivity contribution in [2.75, 3.05) is 25.6 Å². The van der Waals surface area contributed by atoms with Gasteiger partial charge in [0.2, 0.25) is 15.9 Å². The zero-order chi connectivity index (χ0) is 23.3. The summed E-state index contributed by atoms with van der Waals surface area (Å²) in [5, 5.41) is 0. The molecule has 0 N–H and O–H groups in total. The second-order valence-electron chi connectivity index (χ2n) is 7.34. The molecule has 0 aliphatic heterocycles. The van der Waals surface area contributed by atoms with Crippen LogP contribution in [-0.2, 0) is 21.4 Å². The van der Waals surface area contributed by atoms with E-state index < -0.39 is 28.3 Å². The van der Waals surface area contributed by atoms with Gasteiger partial charge in [-0.15, -0.1) is 0 Å². The van der Waals surface area contributed by atoms with Crippen molar-refractivity contribution in [2.45, 2.75) is 18.4 Å². The third-order valence-corrected chi connectivity index (χ3v) is 6.85. The number of aryl methyl sites for hydroxylation is 1. The maximum absolute atomic E-state index is 13.6. The molecular formula is C24H25FN2O4S. The summed E-state index contributed by atoms with van der Waals surface area (Å²) in [5.41, 5.74) is 1.94. The third kappa shape index (κ3) is 5.33. The van der Waals surface area contributed by atoms with Crippen molar-refractivity contribution in [1.29, 1.82) is 0 Å². The lowest BCUT2D eigenvalue weighted by molar-refractivity contribution is -0.118. The maximum Gasteiger partial charge on any atom is 0.247 e. The molecule has 3 aromatic carbocycles. The van der Waals surface area contributed by atoms with Crippen molar-refractivity contribution in [2.24, 2.45) is 0 Å². The smallest absolute Gasteiger partial charge is 0.247 e. The molecule has 0 spiro atoms. The SMILES string of the molecule is COc1ccc(C)cc1S(=O)(=O)N(CC(=O)N(C)c1ccc(F)cc1)Cc1ccccc1. The topological polar surface area (TPSA) is 66.9 Å². The van der Waals surface area contributed by atoms with Gasteiger partial charge in [0.15, 0.2) is 0 Å². The van der Waals surface area contributed by atoms with Gasteiger partial charge in [0.25, 0.3) is 0 Å². The molecule has 0 atom stereocenters. The number of anilines is 1. The van der Waals surface area contributed by atoms with E-state index in [-0.39, 0.29) is 17.2 Å². The van der Waals surface area contributed by atoms with E-state index >= 15 is 0 Å². The Labute approximate surface area is 187 Å². The van der Waals surface area contributed by atoms with Gasteiger partial charge in [0, 0.05) is 19.3 Å². The number of hydrogen-bond donors (Lipinski definition) is 0. The lowest BCUT2D eigenvalue weighted by Gasteiger charge is -2.26. The molecular weight excluding hydrogens is 431 g/mol. The van der Waals surface area contributed by atoms with Gasteiger partial charge in [-0.05, 0) is 54.4 Å². The van der Waals surface area contributed by atoms with Crippen LogP contribution >= 0.6 is 0 Å². The molecule has 0 bridgehead atoms. The molecule has 0 radical (unpaired) electrons. The molecule has 168 valence electrons. The van der Waals surface area contributed by atoms with Crippen molar-refractivity contribution in [3.63, 3.8) is 0 Å². The lowest BCUT2D eigenvalue weighted by atomic mass is 10.2. The molecule has 0 saturated heterocycles. The fourth-order valence-corrected chi connectivity index (χ4v) is 4.82. The first kappa shape index (κ1) is 23.4. The minimum absolute atomic E-state index is 0.00324. The third-order valence-electron chi connectivity index (χ3n) is 5.04. The van der Waals surface area contributed by atoms with E-state index in [0.717, 1.165) is 15.4 Å². The number of carbonyl (C=O) groups is 1. The molecule has 0 heterocycles. The van der Waals surface area contributed by atoms with Gasteiger partial charge in [-0.1, -0.05) is 36.4 Å². The number of sulfonamides is 1. The first-order chi connectivity index (χ1) is 15.2. The molecule has 32 heavy (non-hydrogen) atoms. The summed E-state index contributed by atoms with van der Waals surface area (Å²) in [6, 6.07) is 19.3. The molecule has 3 aromatic rings. The van der Waals surface area contributed by atoms with Crippen molar-refractivity contribution in [3.05, 3.63) is 89.7 Å². The second-order valence-corrected chi connectivity index (χ2v) is 9.25. The summed E-state index contributed by atoms with van der Waals surface area (Å²) in [7, 11) is -1.16. The van der Waals surface area contributed by atoms with E-state index in [1.807, 2.05) is 6.07 Å². The summed E-state index contributed by atoms with van der Waals surface area (Å²) >= 11 is 0. The minimum atomic E-state index is -4.08. The van der Waals surface area contributed by atoms with Gasteiger partial charge in [0.05, 0.1) is 13.7 Å². The van der Waals surface area contributed by atoms with Crippen LogP contribution in [0.2, 0.25) is 0 Å². The number of hydrogen-bond acceptors (Lipinski definition) is 4. The van der Waals surface area contributed by atoms with Crippen molar-refractivity contribution < 1.29 is 22.3 Å². The molecule has 0 fully saturated rings. The van der Waals surface area contributed by atoms with Crippen LogP contribution in [0.15, 0.2) is 77.7 Å². The molecule has 8 heteroatoms. The molecule has 6 nitrogen and oxygen atoms in total. The molecule has 1 amide bonds. The Bertz CT molecular complexity index is 1180. The highest BCUT2D eigenvalue weighted by atomic mass is 32.2. The van der Waals surface area contributed by atoms with Crippen LogP contribution in [0.5, 0.6) is 5.75 Å². The molecule has 0 aliphatic rings. The normalized spacial score (nSPS) is 11.4. The number of amides is 1. The molecule has 0 aliphatic carbocycles. The quantitative estimate of drug-likeness (QED) is 0.514. The van der Waals surface area contributed by atoms with Gasteiger partial charge in [-0.3, -0.25) is 4.79 Å². The zero-order valence-electron chi connectivity index (χ0n) is 18.2. The highest BCUT2D eigenvalue weighted by Crippen LogP contribution is 2.29. The Morgan fingerprint density at radius 3 is 2.28 bits per heavy atom. The van der Waals surface area contributed by atoms with Gasteiger partial charge in [-0.25, -0.2) is 12.8 Å². The lowest BCUT2D eigenvalue weighted by Crippen LogP contribution is -2.41. The van der Waals surface area contributed by atoms with Crippen LogP contribution in [-0.4, -0.2) is 39.3 Å². The van der Waals surface area contributed by atoms with E-state index in [1.54, 1.807) is 43.3 Å². The first-order valence-electron chi connectivity index (χ1n) is 9.93. The Kier molecular flexibility index (Phi) is 7.27. The van der Waals surface area contributed by atoms with Crippen LogP contribution in [0.25, 0.3) is 0 Å². The summed E-state index contributed by atoms with van der Waals surface area (Å²) in [6.45, 7) is 1.39. The number of nitrogens with zero attached hydrogens (tertiary/aromatic N) is 2. The fraction of sp³-hybridized carbons (Fsp3) is 0.208. The number of ether oxygens (including phenoxy) is 1. The highest BCUT2D eigenvalue weighted by Gasteiger charge is 2.31. The maximum atomic E-state index is 13.6. The summed E-state index contributed by atoms with van der Waals surface area (Å²) in [6.07, 6.45) is 0. The Balaban J connectivity index is 1.97. The van der Waals surface area contributed by atoms with Crippen LogP contribution in [0.4, 0.5) is 10.1 Å². The van der Waals surface area contributed by atoms with Crippen LogP contribution in [0.1, 0.15) is 11.1 Å². The Hall–Kier alpha value is -3.23. The predicted octanol–water partition coefficient (Wildman–Crippen LogP) is 4.00. The van der Waals surface area contributed by atoms with E-state index in [1.165, 1.54) is 49.4 Å². The van der Waals surface area contributed by atoms with Gasteiger partial charge in [0.1, 0.15) is 16.5 Å². The minimum Gasteiger partial charge on any atom is -0.495 e. The van der Waals surface area contributed by atoms with E-state index in [2.05, 4.69) is 0 Å². The largest absolute Gasteiger partial charge is 0.495 e. The van der Waals surface area contributed by atoms with E-state index in [4.69, 9.17) is 4.74 Å². The number of carbonyl (C=O) groups excluding carboxylic acids is 1. The first-order valence-corrected chi connectivity index (χ1v) is 11.4. The van der Waals surface area contributed by atoms with E-state index in [9.17, 15) is 17.6 Å². The Morgan fingerprint density at radius 2 is 1.66 bits per heavy atom. The zero-order valence-corrected chi connectivity index (χ0v) is 19.0. The van der Waals surface area contributed by atoms with Crippen molar-refractivity contribution in [1.82, 2.24) is 4.31 Å². The average Bonchev–Trinajstić information content (AvgIpc) is 2.79. The average molecular weight is 457 g/mol. The summed E-state index contributed by atoms with van der Waals surface area (Å²) in [5.74, 6) is -0.676. The van der Waals surface area contributed by atoms with Crippen LogP contribution in [0, 0.1) is 12.7 Å². The predicted molar refractivity (Wildman–Crippen MR) is 122 cm³/mol. The monoisotopic (exact) mass is 456 g/mol. The van der Waals surface area contributed by atoms with Crippen LogP contribution in [0.3, 0.4) is 0 Å². The number of likely N-dealkylation sites (N-methyl/N-ethyl adjacent to an activating group) is 1. The summed E-state index contributed by atoms with van der Waals surface area (Å²) in [4.78, 5) is 14.3. The second kappa shape index (κ2) is 9.93.